The Hall–Kier alpha value is -3.87. The number of methoxy groups -OCH3 is 1. The van der Waals surface area contributed by atoms with Crippen molar-refractivity contribution >= 4 is 29.4 Å². The molecule has 0 unspecified atom stereocenters. The van der Waals surface area contributed by atoms with E-state index in [9.17, 15) is 23.1 Å². The number of nitrogens with one attached hydrogen (secondary N) is 1. The minimum Gasteiger partial charge on any atom is -0.478 e. The summed E-state index contributed by atoms with van der Waals surface area (Å²) in [6.45, 7) is 4.56. The lowest BCUT2D eigenvalue weighted by atomic mass is 10.2. The van der Waals surface area contributed by atoms with Crippen LogP contribution in [0.4, 0.5) is 24.7 Å². The van der Waals surface area contributed by atoms with Gasteiger partial charge in [-0.25, -0.2) is 14.6 Å². The number of hydrogen-bond acceptors (Lipinski definition) is 6. The lowest BCUT2D eigenvalue weighted by Crippen LogP contribution is -2.51. The summed E-state index contributed by atoms with van der Waals surface area (Å²) in [5.74, 6) is -1.97. The highest BCUT2D eigenvalue weighted by molar-refractivity contribution is 5.96. The second kappa shape index (κ2) is 13.9. The van der Waals surface area contributed by atoms with Crippen LogP contribution in [0.3, 0.4) is 0 Å². The number of anilines is 2. The Labute approximate surface area is 206 Å². The van der Waals surface area contributed by atoms with Crippen LogP contribution < -0.4 is 10.2 Å². The van der Waals surface area contributed by atoms with Gasteiger partial charge in [0, 0.05) is 58.3 Å². The lowest BCUT2D eigenvalue weighted by molar-refractivity contribution is -0.192. The molecule has 0 aliphatic carbocycles. The van der Waals surface area contributed by atoms with Crippen LogP contribution in [-0.4, -0.2) is 90.6 Å². The van der Waals surface area contributed by atoms with Gasteiger partial charge in [0.25, 0.3) is 0 Å². The van der Waals surface area contributed by atoms with Crippen LogP contribution >= 0.6 is 0 Å². The number of piperazine rings is 1. The fourth-order valence-corrected chi connectivity index (χ4v) is 3.16. The topological polar surface area (TPSA) is 128 Å². The van der Waals surface area contributed by atoms with E-state index >= 15 is 0 Å². The van der Waals surface area contributed by atoms with Gasteiger partial charge in [-0.15, -0.1) is 0 Å². The van der Waals surface area contributed by atoms with Crippen molar-refractivity contribution in [1.29, 1.82) is 0 Å². The maximum absolute atomic E-state index is 11.3. The normalized spacial score (nSPS) is 14.1. The van der Waals surface area contributed by atoms with Gasteiger partial charge < -0.3 is 30.1 Å². The van der Waals surface area contributed by atoms with E-state index in [1.54, 1.807) is 31.5 Å². The van der Waals surface area contributed by atoms with E-state index in [0.29, 0.717) is 18.8 Å². The standard InChI is InChI=1S/C21H27N5O3.C2HF3O2/c1-29-15-5-10-23-21(24-18-7-4-6-17(16-18)20(27)28)26-13-11-25(12-14-26)19-8-2-3-9-22-19;3-2(4,5)1(6)7/h2-4,6-9,16H,5,10-15H2,1H3,(H,23,24)(H,27,28);(H,6,7). The Balaban J connectivity index is 0.000000572. The Bertz CT molecular complexity index is 1010. The first-order chi connectivity index (χ1) is 17.1. The van der Waals surface area contributed by atoms with Crippen LogP contribution in [0.15, 0.2) is 53.7 Å². The maximum Gasteiger partial charge on any atom is 0.490 e. The smallest absolute Gasteiger partial charge is 0.478 e. The fourth-order valence-electron chi connectivity index (χ4n) is 3.16. The van der Waals surface area contributed by atoms with Crippen molar-refractivity contribution in [1.82, 2.24) is 9.88 Å². The summed E-state index contributed by atoms with van der Waals surface area (Å²) in [4.78, 5) is 33.8. The van der Waals surface area contributed by atoms with E-state index in [-0.39, 0.29) is 5.56 Å². The molecule has 1 saturated heterocycles. The van der Waals surface area contributed by atoms with Crippen LogP contribution in [0, 0.1) is 0 Å². The SMILES string of the molecule is COCCCN=C(Nc1cccc(C(=O)O)c1)N1CCN(c2ccccn2)CC1.O=C(O)C(F)(F)F. The molecule has 2 aromatic rings. The second-order valence-electron chi connectivity index (χ2n) is 7.53. The van der Waals surface area contributed by atoms with Crippen molar-refractivity contribution in [3.8, 4) is 0 Å². The number of aliphatic carboxylic acids is 1. The number of aromatic carboxylic acids is 1. The van der Waals surface area contributed by atoms with E-state index in [4.69, 9.17) is 19.6 Å². The molecular formula is C23H28F3N5O5. The van der Waals surface area contributed by atoms with E-state index in [1.807, 2.05) is 24.3 Å². The van der Waals surface area contributed by atoms with Crippen molar-refractivity contribution < 1.29 is 37.7 Å². The third kappa shape index (κ3) is 9.41. The van der Waals surface area contributed by atoms with Crippen molar-refractivity contribution in [3.63, 3.8) is 0 Å². The quantitative estimate of drug-likeness (QED) is 0.292. The highest BCUT2D eigenvalue weighted by Crippen LogP contribution is 2.16. The summed E-state index contributed by atoms with van der Waals surface area (Å²) >= 11 is 0. The summed E-state index contributed by atoms with van der Waals surface area (Å²) in [6.07, 6.45) is -2.45. The first kappa shape index (κ1) is 28.4. The fraction of sp³-hybridized carbons (Fsp3) is 0.391. The average molecular weight is 512 g/mol. The zero-order valence-electron chi connectivity index (χ0n) is 19.6. The van der Waals surface area contributed by atoms with Gasteiger partial charge in [-0.3, -0.25) is 4.99 Å². The number of aliphatic imine (C=N–C) groups is 1. The molecule has 0 saturated carbocycles. The van der Waals surface area contributed by atoms with E-state index in [0.717, 1.165) is 44.4 Å². The minimum absolute atomic E-state index is 0.244. The number of benzene rings is 1. The van der Waals surface area contributed by atoms with Crippen molar-refractivity contribution in [2.45, 2.75) is 12.6 Å². The maximum atomic E-state index is 11.3. The predicted molar refractivity (Wildman–Crippen MR) is 128 cm³/mol. The van der Waals surface area contributed by atoms with E-state index in [1.165, 1.54) is 0 Å². The molecule has 3 N–H and O–H groups in total. The zero-order valence-corrected chi connectivity index (χ0v) is 19.6. The van der Waals surface area contributed by atoms with Crippen molar-refractivity contribution in [2.24, 2.45) is 4.99 Å². The van der Waals surface area contributed by atoms with Gasteiger partial charge in [-0.1, -0.05) is 12.1 Å². The number of hydrogen-bond donors (Lipinski definition) is 3. The Kier molecular flexibility index (Phi) is 10.9. The molecule has 13 heteroatoms. The third-order valence-corrected chi connectivity index (χ3v) is 4.93. The number of carboxylic acid groups (broad SMARTS) is 2. The molecule has 1 aromatic carbocycles. The number of halogens is 3. The number of ether oxygens (including phenoxy) is 1. The van der Waals surface area contributed by atoms with Crippen molar-refractivity contribution in [3.05, 3.63) is 54.2 Å². The summed E-state index contributed by atoms with van der Waals surface area (Å²) < 4.78 is 36.8. The van der Waals surface area contributed by atoms with Gasteiger partial charge in [0.2, 0.25) is 0 Å². The number of alkyl halides is 3. The van der Waals surface area contributed by atoms with Crippen molar-refractivity contribution in [2.75, 3.05) is 56.7 Å². The molecule has 1 aliphatic heterocycles. The molecule has 3 rings (SSSR count). The molecule has 2 heterocycles. The molecular weight excluding hydrogens is 483 g/mol. The molecule has 1 fully saturated rings. The molecule has 196 valence electrons. The van der Waals surface area contributed by atoms with Gasteiger partial charge in [0.05, 0.1) is 5.56 Å². The van der Waals surface area contributed by atoms with Gasteiger partial charge in [0.1, 0.15) is 5.82 Å². The number of aromatic nitrogens is 1. The largest absolute Gasteiger partial charge is 0.490 e. The first-order valence-electron chi connectivity index (χ1n) is 11.0. The molecule has 0 radical (unpaired) electrons. The molecule has 10 nitrogen and oxygen atoms in total. The highest BCUT2D eigenvalue weighted by atomic mass is 19.4. The molecule has 1 aromatic heterocycles. The number of rotatable bonds is 7. The van der Waals surface area contributed by atoms with Gasteiger partial charge in [-0.05, 0) is 36.8 Å². The van der Waals surface area contributed by atoms with Gasteiger partial charge >= 0.3 is 18.1 Å². The third-order valence-electron chi connectivity index (χ3n) is 4.93. The molecule has 36 heavy (non-hydrogen) atoms. The average Bonchev–Trinajstić information content (AvgIpc) is 2.86. The highest BCUT2D eigenvalue weighted by Gasteiger charge is 2.38. The van der Waals surface area contributed by atoms with Crippen LogP contribution in [-0.2, 0) is 9.53 Å². The van der Waals surface area contributed by atoms with Crippen LogP contribution in [0.2, 0.25) is 0 Å². The van der Waals surface area contributed by atoms with E-state index in [2.05, 4.69) is 20.1 Å². The molecule has 0 amide bonds. The zero-order chi connectivity index (χ0) is 26.6. The summed E-state index contributed by atoms with van der Waals surface area (Å²) in [6, 6.07) is 12.7. The van der Waals surface area contributed by atoms with Gasteiger partial charge in [-0.2, -0.15) is 13.2 Å². The first-order valence-corrected chi connectivity index (χ1v) is 11.0. The number of nitrogens with zero attached hydrogens (tertiary/aromatic N) is 4. The summed E-state index contributed by atoms with van der Waals surface area (Å²) in [5.41, 5.74) is 0.955. The van der Waals surface area contributed by atoms with Crippen LogP contribution in [0.1, 0.15) is 16.8 Å². The van der Waals surface area contributed by atoms with Crippen LogP contribution in [0.5, 0.6) is 0 Å². The molecule has 0 atom stereocenters. The monoisotopic (exact) mass is 511 g/mol. The number of pyridine rings is 1. The Morgan fingerprint density at radius 2 is 1.81 bits per heavy atom. The Morgan fingerprint density at radius 3 is 2.36 bits per heavy atom. The predicted octanol–water partition coefficient (Wildman–Crippen LogP) is 3.04. The molecule has 0 bridgehead atoms. The van der Waals surface area contributed by atoms with Gasteiger partial charge in [0.15, 0.2) is 5.96 Å². The number of guanidine groups is 1. The molecule has 1 aliphatic rings. The summed E-state index contributed by atoms with van der Waals surface area (Å²) in [7, 11) is 1.68. The second-order valence-corrected chi connectivity index (χ2v) is 7.53. The number of carbonyl (C=O) groups is 2. The van der Waals surface area contributed by atoms with E-state index < -0.39 is 18.1 Å². The summed E-state index contributed by atoms with van der Waals surface area (Å²) in [5, 5.41) is 19.7. The minimum atomic E-state index is -5.08. The van der Waals surface area contributed by atoms with Crippen LogP contribution in [0.25, 0.3) is 0 Å². The lowest BCUT2D eigenvalue weighted by Gasteiger charge is -2.37. The number of carboxylic acids is 2. The molecule has 0 spiro atoms. The Morgan fingerprint density at radius 1 is 1.11 bits per heavy atom.